The second-order valence-electron chi connectivity index (χ2n) is 7.12. The molecule has 9 heteroatoms. The van der Waals surface area contributed by atoms with Crippen molar-refractivity contribution in [3.8, 4) is 0 Å². The average molecular weight is 399 g/mol. The summed E-state index contributed by atoms with van der Waals surface area (Å²) in [6, 6.07) is 13.1. The van der Waals surface area contributed by atoms with E-state index >= 15 is 0 Å². The first-order chi connectivity index (χ1) is 13.9. The van der Waals surface area contributed by atoms with Crippen molar-refractivity contribution in [2.75, 3.05) is 0 Å². The van der Waals surface area contributed by atoms with Crippen LogP contribution in [0, 0.1) is 5.92 Å². The molecule has 2 aromatic rings. The Balaban J connectivity index is 2.08. The molecule has 0 saturated carbocycles. The van der Waals surface area contributed by atoms with E-state index in [9.17, 15) is 19.6 Å². The molecule has 1 amide bonds. The molecule has 0 aliphatic heterocycles. The summed E-state index contributed by atoms with van der Waals surface area (Å²) >= 11 is 0. The quantitative estimate of drug-likeness (QED) is 0.346. The molecule has 0 saturated heterocycles. The lowest BCUT2D eigenvalue weighted by molar-refractivity contribution is -0.154. The van der Waals surface area contributed by atoms with Gasteiger partial charge in [0, 0.05) is 12.6 Å². The van der Waals surface area contributed by atoms with E-state index in [0.29, 0.717) is 6.42 Å². The summed E-state index contributed by atoms with van der Waals surface area (Å²) in [6.45, 7) is 3.81. The lowest BCUT2D eigenvalue weighted by Crippen LogP contribution is -2.50. The number of carbonyl (C=O) groups excluding carboxylic acids is 2. The Bertz CT molecular complexity index is 774. The van der Waals surface area contributed by atoms with E-state index in [1.54, 1.807) is 18.2 Å². The van der Waals surface area contributed by atoms with Gasteiger partial charge in [0.15, 0.2) is 0 Å². The second-order valence-corrected chi connectivity index (χ2v) is 7.12. The summed E-state index contributed by atoms with van der Waals surface area (Å²) in [5, 5.41) is 21.6. The van der Waals surface area contributed by atoms with Crippen LogP contribution in [0.15, 0.2) is 54.7 Å². The second kappa shape index (κ2) is 11.3. The molecule has 0 aliphatic carbocycles. The molecule has 0 aliphatic rings. The number of nitrogens with one attached hydrogen (secondary N) is 2. The van der Waals surface area contributed by atoms with Crippen molar-refractivity contribution < 1.29 is 24.5 Å². The molecule has 4 N–H and O–H groups in total. The smallest absolute Gasteiger partial charge is 0.426 e. The van der Waals surface area contributed by atoms with E-state index in [2.05, 4.69) is 15.8 Å². The van der Waals surface area contributed by atoms with Crippen LogP contribution in [0.1, 0.15) is 36.3 Å². The van der Waals surface area contributed by atoms with E-state index < -0.39 is 31.0 Å². The van der Waals surface area contributed by atoms with Gasteiger partial charge in [0.05, 0.1) is 5.94 Å². The van der Waals surface area contributed by atoms with Gasteiger partial charge in [-0.15, -0.1) is 0 Å². The average Bonchev–Trinajstić information content (AvgIpc) is 2.71. The van der Waals surface area contributed by atoms with Gasteiger partial charge in [-0.05, 0) is 30.0 Å². The van der Waals surface area contributed by atoms with Gasteiger partial charge < -0.3 is 20.2 Å². The molecule has 0 radical (unpaired) electrons. The van der Waals surface area contributed by atoms with Crippen LogP contribution in [0.25, 0.3) is 0 Å². The number of hydrogen-bond acceptors (Lipinski definition) is 7. The first-order valence-electron chi connectivity index (χ1n) is 9.45. The highest BCUT2D eigenvalue weighted by molar-refractivity contribution is 6.43. The lowest BCUT2D eigenvalue weighted by atomic mass is 9.76. The predicted molar refractivity (Wildman–Crippen MR) is 108 cm³/mol. The van der Waals surface area contributed by atoms with Crippen LogP contribution in [0.4, 0.5) is 0 Å². The highest BCUT2D eigenvalue weighted by Gasteiger charge is 2.29. The van der Waals surface area contributed by atoms with Crippen molar-refractivity contribution in [3.05, 3.63) is 66.0 Å². The van der Waals surface area contributed by atoms with E-state index in [4.69, 9.17) is 4.84 Å². The Morgan fingerprint density at radius 1 is 1.10 bits per heavy atom. The zero-order valence-electron chi connectivity index (χ0n) is 16.5. The number of carbonyl (C=O) groups is 2. The largest absolute Gasteiger partial charge is 0.473 e. The molecule has 2 atom stereocenters. The fourth-order valence-corrected chi connectivity index (χ4v) is 2.72. The third-order valence-corrected chi connectivity index (χ3v) is 4.17. The van der Waals surface area contributed by atoms with Crippen LogP contribution >= 0.6 is 0 Å². The van der Waals surface area contributed by atoms with Crippen LogP contribution in [0.5, 0.6) is 0 Å². The first-order valence-corrected chi connectivity index (χ1v) is 9.45. The first kappa shape index (κ1) is 22.5. The van der Waals surface area contributed by atoms with Gasteiger partial charge in [-0.25, -0.2) is 4.79 Å². The third-order valence-electron chi connectivity index (χ3n) is 4.17. The molecule has 0 spiro atoms. The van der Waals surface area contributed by atoms with Gasteiger partial charge in [-0.3, -0.25) is 9.78 Å². The van der Waals surface area contributed by atoms with Crippen LogP contribution in [-0.4, -0.2) is 46.0 Å². The number of hydroxylamine groups is 1. The number of benzene rings is 1. The zero-order valence-corrected chi connectivity index (χ0v) is 16.5. The van der Waals surface area contributed by atoms with Crippen molar-refractivity contribution in [3.63, 3.8) is 0 Å². The zero-order chi connectivity index (χ0) is 21.2. The number of aromatic nitrogens is 1. The van der Waals surface area contributed by atoms with Gasteiger partial charge in [-0.1, -0.05) is 50.2 Å². The summed E-state index contributed by atoms with van der Waals surface area (Å²) in [6.07, 6.45) is 2.07. The predicted octanol–water partition coefficient (Wildman–Crippen LogP) is 0.897. The molecule has 2 rings (SSSR count). The fraction of sp³-hybridized carbons (Fsp3) is 0.350. The Morgan fingerprint density at radius 3 is 2.38 bits per heavy atom. The summed E-state index contributed by atoms with van der Waals surface area (Å²) < 4.78 is 0. The molecular formula is C20H26BN3O5. The van der Waals surface area contributed by atoms with Crippen molar-refractivity contribution >= 4 is 19.0 Å². The van der Waals surface area contributed by atoms with Gasteiger partial charge >= 0.3 is 13.1 Å². The van der Waals surface area contributed by atoms with E-state index in [1.807, 2.05) is 44.2 Å². The third kappa shape index (κ3) is 7.65. The lowest BCUT2D eigenvalue weighted by Gasteiger charge is -2.22. The Hall–Kier alpha value is -2.75. The number of amides is 1. The molecule has 154 valence electrons. The van der Waals surface area contributed by atoms with Crippen LogP contribution in [0.3, 0.4) is 0 Å². The van der Waals surface area contributed by atoms with Crippen molar-refractivity contribution in [2.24, 2.45) is 5.92 Å². The normalized spacial score (nSPS) is 12.9. The molecule has 8 nitrogen and oxygen atoms in total. The molecule has 29 heavy (non-hydrogen) atoms. The van der Waals surface area contributed by atoms with Gasteiger partial charge in [-0.2, -0.15) is 5.48 Å². The van der Waals surface area contributed by atoms with Crippen molar-refractivity contribution in [1.82, 2.24) is 15.8 Å². The topological polar surface area (TPSA) is 121 Å². The Labute approximate surface area is 170 Å². The minimum absolute atomic E-state index is 0.150. The van der Waals surface area contributed by atoms with Gasteiger partial charge in [0.1, 0.15) is 11.7 Å². The fourth-order valence-electron chi connectivity index (χ4n) is 2.72. The van der Waals surface area contributed by atoms with Crippen molar-refractivity contribution in [1.29, 1.82) is 0 Å². The van der Waals surface area contributed by atoms with Gasteiger partial charge in [0.2, 0.25) is 0 Å². The molecule has 0 bridgehead atoms. The highest BCUT2D eigenvalue weighted by Crippen LogP contribution is 2.08. The molecule has 1 aromatic carbocycles. The molecule has 1 heterocycles. The van der Waals surface area contributed by atoms with Crippen LogP contribution < -0.4 is 10.8 Å². The minimum Gasteiger partial charge on any atom is -0.426 e. The summed E-state index contributed by atoms with van der Waals surface area (Å²) in [7, 11) is -1.69. The maximum Gasteiger partial charge on any atom is 0.473 e. The molecular weight excluding hydrogens is 373 g/mol. The van der Waals surface area contributed by atoms with E-state index in [0.717, 1.165) is 5.56 Å². The van der Waals surface area contributed by atoms with E-state index in [1.165, 1.54) is 6.20 Å². The Kier molecular flexibility index (Phi) is 8.79. The SMILES string of the molecule is CC(C)C[C@H](NOC(=O)[C@H](Cc1ccccc1)NC(=O)c1ccccn1)B(O)O. The minimum atomic E-state index is -1.69. The maximum atomic E-state index is 12.6. The van der Waals surface area contributed by atoms with Crippen LogP contribution in [0.2, 0.25) is 0 Å². The van der Waals surface area contributed by atoms with Crippen molar-refractivity contribution in [2.45, 2.75) is 38.7 Å². The number of hydrogen-bond donors (Lipinski definition) is 4. The van der Waals surface area contributed by atoms with E-state index in [-0.39, 0.29) is 18.0 Å². The molecule has 0 unspecified atom stereocenters. The van der Waals surface area contributed by atoms with Crippen LogP contribution in [-0.2, 0) is 16.1 Å². The Morgan fingerprint density at radius 2 is 1.79 bits per heavy atom. The summed E-state index contributed by atoms with van der Waals surface area (Å²) in [5.41, 5.74) is 3.42. The summed E-state index contributed by atoms with van der Waals surface area (Å²) in [4.78, 5) is 34.2. The standard InChI is InChI=1S/C20H26BN3O5/c1-14(2)12-18(21(27)28)24-29-20(26)17(13-15-8-4-3-5-9-15)23-19(25)16-10-6-7-11-22-16/h3-11,14,17-18,24,27-28H,12-13H2,1-2H3,(H,23,25)/t17-,18-/m0/s1. The number of pyridine rings is 1. The highest BCUT2D eigenvalue weighted by atomic mass is 16.7. The van der Waals surface area contributed by atoms with Gasteiger partial charge in [0.25, 0.3) is 5.91 Å². The number of rotatable bonds is 10. The molecule has 0 fully saturated rings. The maximum absolute atomic E-state index is 12.6. The number of nitrogens with zero attached hydrogens (tertiary/aromatic N) is 1. The molecule has 1 aromatic heterocycles. The summed E-state index contributed by atoms with van der Waals surface area (Å²) in [5.74, 6) is -1.95. The monoisotopic (exact) mass is 399 g/mol.